The highest BCUT2D eigenvalue weighted by molar-refractivity contribution is 6.16. The minimum Gasteiger partial charge on any atom is -0.480 e. The maximum atomic E-state index is 13.0. The van der Waals surface area contributed by atoms with Gasteiger partial charge in [-0.15, -0.1) is 0 Å². The Labute approximate surface area is 362 Å². The molecule has 20 heteroatoms. The molecule has 0 aromatic heterocycles. The smallest absolute Gasteiger partial charge is 0.348 e. The van der Waals surface area contributed by atoms with Crippen LogP contribution in [0.15, 0.2) is 107 Å². The van der Waals surface area contributed by atoms with Gasteiger partial charge in [0.15, 0.2) is 0 Å². The van der Waals surface area contributed by atoms with Crippen LogP contribution in [0.4, 0.5) is 0 Å². The second-order valence-electron chi connectivity index (χ2n) is 16.0. The quantitative estimate of drug-likeness (QED) is 0.124. The predicted octanol–water partition coefficient (Wildman–Crippen LogP) is 4.20. The van der Waals surface area contributed by atoms with E-state index in [1.165, 1.54) is 48.6 Å². The SMILES string of the molecule is C=C1C(=O)OC2(CCC3(CC2)OC(=O)C(=C/C=C/C=C/C2=C(O)OC4(CCC5(CC4)OC(=O)C(/C=C/C=C/C=C4C(=O)OC6(CCCCC6)OC4=O)=C(O)O5)OC2=O)C(=O)O3)OC1=O. The molecule has 3 saturated carbocycles. The minimum absolute atomic E-state index is 0.100. The third kappa shape index (κ3) is 8.41. The van der Waals surface area contributed by atoms with Crippen molar-refractivity contribution < 1.29 is 95.9 Å². The minimum atomic E-state index is -1.66. The summed E-state index contributed by atoms with van der Waals surface area (Å²) >= 11 is 0. The van der Waals surface area contributed by atoms with Crippen LogP contribution >= 0.6 is 0 Å². The summed E-state index contributed by atoms with van der Waals surface area (Å²) in [5, 5.41) is 21.3. The first-order chi connectivity index (χ1) is 30.5. The third-order valence-electron chi connectivity index (χ3n) is 11.7. The molecule has 0 amide bonds. The van der Waals surface area contributed by atoms with E-state index in [-0.39, 0.29) is 68.1 Å². The predicted molar refractivity (Wildman–Crippen MR) is 206 cm³/mol. The number of aliphatic hydroxyl groups is 2. The summed E-state index contributed by atoms with van der Waals surface area (Å²) in [5.74, 6) is -16.5. The van der Waals surface area contributed by atoms with E-state index in [9.17, 15) is 48.6 Å². The van der Waals surface area contributed by atoms with Crippen molar-refractivity contribution in [3.05, 3.63) is 107 Å². The fourth-order valence-corrected chi connectivity index (χ4v) is 8.22. The highest BCUT2D eigenvalue weighted by Gasteiger charge is 2.58. The molecule has 0 unspecified atom stereocenters. The van der Waals surface area contributed by atoms with Crippen molar-refractivity contribution in [3.8, 4) is 0 Å². The Hall–Kier alpha value is -7.38. The summed E-state index contributed by atoms with van der Waals surface area (Å²) < 4.78 is 54.7. The van der Waals surface area contributed by atoms with Crippen molar-refractivity contribution in [2.75, 3.05) is 0 Å². The van der Waals surface area contributed by atoms with Gasteiger partial charge in [0.2, 0.25) is 0 Å². The average Bonchev–Trinajstić information content (AvgIpc) is 3.23. The van der Waals surface area contributed by atoms with Crippen molar-refractivity contribution in [3.63, 3.8) is 0 Å². The lowest BCUT2D eigenvalue weighted by atomic mass is 9.87. The maximum absolute atomic E-state index is 13.0. The molecule has 0 radical (unpaired) electrons. The van der Waals surface area contributed by atoms with E-state index in [0.717, 1.165) is 31.4 Å². The Morgan fingerprint density at radius 1 is 0.359 bits per heavy atom. The van der Waals surface area contributed by atoms with Crippen LogP contribution in [-0.4, -0.2) is 86.9 Å². The zero-order chi connectivity index (χ0) is 45.5. The lowest BCUT2D eigenvalue weighted by molar-refractivity contribution is -0.302. The monoisotopic (exact) mass is 888 g/mol. The molecule has 0 aromatic rings. The molecule has 64 heavy (non-hydrogen) atoms. The van der Waals surface area contributed by atoms with Gasteiger partial charge in [0, 0.05) is 64.2 Å². The van der Waals surface area contributed by atoms with Crippen LogP contribution in [0.2, 0.25) is 0 Å². The Kier molecular flexibility index (Phi) is 11.1. The molecule has 5 heterocycles. The summed E-state index contributed by atoms with van der Waals surface area (Å²) in [6.45, 7) is 3.31. The van der Waals surface area contributed by atoms with Gasteiger partial charge in [-0.05, 0) is 37.1 Å². The second kappa shape index (κ2) is 16.4. The zero-order valence-electron chi connectivity index (χ0n) is 33.9. The lowest BCUT2D eigenvalue weighted by Crippen LogP contribution is -2.55. The molecule has 3 saturated heterocycles. The molecule has 5 aliphatic heterocycles. The molecule has 5 spiro atoms. The molecule has 0 bridgehead atoms. The molecule has 6 fully saturated rings. The van der Waals surface area contributed by atoms with Crippen LogP contribution in [0.3, 0.4) is 0 Å². The number of hydrogen-bond donors (Lipinski definition) is 2. The molecular formula is C44H40O20. The molecular weight excluding hydrogens is 848 g/mol. The summed E-state index contributed by atoms with van der Waals surface area (Å²) in [6, 6.07) is 0. The van der Waals surface area contributed by atoms with Crippen LogP contribution in [0.5, 0.6) is 0 Å². The Morgan fingerprint density at radius 3 is 1.00 bits per heavy atom. The normalized spacial score (nSPS) is 25.9. The molecule has 336 valence electrons. The van der Waals surface area contributed by atoms with Gasteiger partial charge in [-0.25, -0.2) is 38.4 Å². The first-order valence-electron chi connectivity index (χ1n) is 20.4. The van der Waals surface area contributed by atoms with Crippen LogP contribution in [0.1, 0.15) is 83.5 Å². The number of carbonyl (C=O) groups excluding carboxylic acids is 8. The molecule has 8 aliphatic rings. The van der Waals surface area contributed by atoms with Gasteiger partial charge < -0.3 is 57.6 Å². The van der Waals surface area contributed by atoms with E-state index < -0.39 is 99.7 Å². The van der Waals surface area contributed by atoms with E-state index >= 15 is 0 Å². The van der Waals surface area contributed by atoms with Gasteiger partial charge in [-0.2, -0.15) is 0 Å². The molecule has 8 rings (SSSR count). The Morgan fingerprint density at radius 2 is 0.656 bits per heavy atom. The number of rotatable bonds is 6. The van der Waals surface area contributed by atoms with Gasteiger partial charge in [0.1, 0.15) is 27.9 Å². The number of esters is 8. The first-order valence-corrected chi connectivity index (χ1v) is 20.4. The lowest BCUT2D eigenvalue weighted by Gasteiger charge is -2.46. The highest BCUT2D eigenvalue weighted by atomic mass is 16.8. The summed E-state index contributed by atoms with van der Waals surface area (Å²) in [5.41, 5.74) is -1.86. The van der Waals surface area contributed by atoms with Crippen molar-refractivity contribution >= 4 is 47.8 Å². The standard InChI is InChI=1S/C44H40O20/c1-25-30(45)55-41(56-31(25)46)17-19-42(20-18-41)59-34(49)27(35(50)60-42)13-7-3-8-14-29-38(53)63-44(64-39(29)54)23-21-43(22-24-44)61-36(51)28(37(52)62-43)12-6-2-5-11-26-32(47)57-40(58-33(26)48)15-9-4-10-16-40/h2-3,5-8,11-14,51,53H,1,4,9-10,15-24H2/b5-2+,7-3+,12-6+,14-8+. The van der Waals surface area contributed by atoms with E-state index in [1.54, 1.807) is 0 Å². The van der Waals surface area contributed by atoms with Crippen LogP contribution in [0.25, 0.3) is 0 Å². The topological polar surface area (TPSA) is 269 Å². The molecule has 0 atom stereocenters. The molecule has 20 nitrogen and oxygen atoms in total. The Balaban J connectivity index is 0.816. The van der Waals surface area contributed by atoms with Crippen molar-refractivity contribution in [2.24, 2.45) is 0 Å². The number of carbonyl (C=O) groups is 8. The molecule has 0 aromatic carbocycles. The van der Waals surface area contributed by atoms with Gasteiger partial charge in [0.25, 0.3) is 40.8 Å². The zero-order valence-corrected chi connectivity index (χ0v) is 33.9. The van der Waals surface area contributed by atoms with Crippen LogP contribution in [-0.2, 0) is 85.7 Å². The van der Waals surface area contributed by atoms with Crippen molar-refractivity contribution in [2.45, 2.75) is 112 Å². The highest BCUT2D eigenvalue weighted by Crippen LogP contribution is 2.47. The van der Waals surface area contributed by atoms with E-state index in [0.29, 0.717) is 12.8 Å². The van der Waals surface area contributed by atoms with Crippen molar-refractivity contribution in [1.29, 1.82) is 0 Å². The second-order valence-corrected chi connectivity index (χ2v) is 16.0. The summed E-state index contributed by atoms with van der Waals surface area (Å²) in [4.78, 5) is 101. The van der Waals surface area contributed by atoms with Crippen LogP contribution in [0, 0.1) is 0 Å². The summed E-state index contributed by atoms with van der Waals surface area (Å²) in [6.07, 6.45) is 15.2. The average molecular weight is 889 g/mol. The molecule has 2 N–H and O–H groups in total. The summed E-state index contributed by atoms with van der Waals surface area (Å²) in [7, 11) is 0. The van der Waals surface area contributed by atoms with Gasteiger partial charge >= 0.3 is 47.8 Å². The van der Waals surface area contributed by atoms with Gasteiger partial charge in [-0.3, -0.25) is 0 Å². The Bertz CT molecular complexity index is 2310. The molecule has 3 aliphatic carbocycles. The maximum Gasteiger partial charge on any atom is 0.348 e. The van der Waals surface area contributed by atoms with E-state index in [4.69, 9.17) is 47.4 Å². The number of aliphatic hydroxyl groups excluding tert-OH is 2. The fourth-order valence-electron chi connectivity index (χ4n) is 8.22. The fraction of sp³-hybridized carbons (Fsp3) is 0.409. The third-order valence-corrected chi connectivity index (χ3v) is 11.7. The van der Waals surface area contributed by atoms with E-state index in [2.05, 4.69) is 6.58 Å². The van der Waals surface area contributed by atoms with E-state index in [1.807, 2.05) is 0 Å². The van der Waals surface area contributed by atoms with Gasteiger partial charge in [0.05, 0.1) is 0 Å². The van der Waals surface area contributed by atoms with Crippen molar-refractivity contribution in [1.82, 2.24) is 0 Å². The number of allylic oxidation sites excluding steroid dienone is 8. The first kappa shape index (κ1) is 43.3. The van der Waals surface area contributed by atoms with Gasteiger partial charge in [-0.1, -0.05) is 49.5 Å². The number of ether oxygens (including phenoxy) is 10. The van der Waals surface area contributed by atoms with Crippen LogP contribution < -0.4 is 0 Å². The largest absolute Gasteiger partial charge is 0.480 e. The number of hydrogen-bond acceptors (Lipinski definition) is 20.